The average molecular weight is 317 g/mol. The minimum absolute atomic E-state index is 0.0428. The third kappa shape index (κ3) is 4.81. The van der Waals surface area contributed by atoms with E-state index in [0.717, 1.165) is 12.8 Å². The molecule has 1 saturated heterocycles. The Morgan fingerprint density at radius 3 is 2.26 bits per heavy atom. The van der Waals surface area contributed by atoms with Crippen molar-refractivity contribution in [2.45, 2.75) is 78.0 Å². The Bertz CT molecular complexity index is 528. The first-order chi connectivity index (χ1) is 10.7. The maximum absolute atomic E-state index is 11.4. The van der Waals surface area contributed by atoms with E-state index in [4.69, 9.17) is 4.74 Å². The molecule has 1 aliphatic heterocycles. The predicted octanol–water partition coefficient (Wildman–Crippen LogP) is 4.36. The van der Waals surface area contributed by atoms with Crippen LogP contribution in [0.25, 0.3) is 0 Å². The van der Waals surface area contributed by atoms with Crippen molar-refractivity contribution in [3.8, 4) is 0 Å². The molecule has 3 nitrogen and oxygen atoms in total. The minimum Gasteiger partial charge on any atom is -0.370 e. The Morgan fingerprint density at radius 2 is 1.78 bits per heavy atom. The third-order valence-corrected chi connectivity index (χ3v) is 4.65. The van der Waals surface area contributed by atoms with E-state index in [0.29, 0.717) is 5.92 Å². The van der Waals surface area contributed by atoms with Crippen molar-refractivity contribution in [3.63, 3.8) is 0 Å². The van der Waals surface area contributed by atoms with Crippen molar-refractivity contribution < 1.29 is 9.53 Å². The number of ether oxygens (including phenoxy) is 1. The van der Waals surface area contributed by atoms with E-state index in [2.05, 4.69) is 64.2 Å². The van der Waals surface area contributed by atoms with E-state index < -0.39 is 0 Å². The molecular formula is C20H31NO2. The summed E-state index contributed by atoms with van der Waals surface area (Å²) in [4.78, 5) is 11.4. The summed E-state index contributed by atoms with van der Waals surface area (Å²) in [7, 11) is 0. The normalized spacial score (nSPS) is 25.4. The Labute approximate surface area is 140 Å². The summed E-state index contributed by atoms with van der Waals surface area (Å²) < 4.78 is 6.32. The molecule has 3 atom stereocenters. The van der Waals surface area contributed by atoms with Gasteiger partial charge in [0.25, 0.3) is 0 Å². The molecule has 23 heavy (non-hydrogen) atoms. The number of hydrogen-bond acceptors (Lipinski definition) is 2. The average Bonchev–Trinajstić information content (AvgIpc) is 2.45. The van der Waals surface area contributed by atoms with E-state index in [-0.39, 0.29) is 29.6 Å². The summed E-state index contributed by atoms with van der Waals surface area (Å²) in [5.74, 6) is 0.490. The molecule has 1 aromatic rings. The topological polar surface area (TPSA) is 38.3 Å². The summed E-state index contributed by atoms with van der Waals surface area (Å²) in [6.45, 7) is 12.6. The van der Waals surface area contributed by atoms with Crippen LogP contribution >= 0.6 is 0 Å². The lowest BCUT2D eigenvalue weighted by Gasteiger charge is -2.38. The lowest BCUT2D eigenvalue weighted by atomic mass is 9.85. The van der Waals surface area contributed by atoms with Crippen LogP contribution in [0.1, 0.15) is 71.6 Å². The number of rotatable bonds is 3. The van der Waals surface area contributed by atoms with E-state index >= 15 is 0 Å². The largest absolute Gasteiger partial charge is 0.370 e. The number of amides is 1. The zero-order valence-corrected chi connectivity index (χ0v) is 15.3. The van der Waals surface area contributed by atoms with Crippen LogP contribution in [0.15, 0.2) is 24.3 Å². The van der Waals surface area contributed by atoms with Crippen molar-refractivity contribution >= 4 is 5.91 Å². The number of carbonyl (C=O) groups excluding carboxylic acids is 1. The van der Waals surface area contributed by atoms with Gasteiger partial charge in [0.05, 0.1) is 12.2 Å². The highest BCUT2D eigenvalue weighted by Gasteiger charge is 2.32. The van der Waals surface area contributed by atoms with Crippen LogP contribution < -0.4 is 5.32 Å². The van der Waals surface area contributed by atoms with Gasteiger partial charge in [0.1, 0.15) is 0 Å². The van der Waals surface area contributed by atoms with E-state index in [1.165, 1.54) is 11.1 Å². The molecule has 0 saturated carbocycles. The lowest BCUT2D eigenvalue weighted by molar-refractivity contribution is -0.123. The van der Waals surface area contributed by atoms with Gasteiger partial charge in [-0.05, 0) is 35.3 Å². The quantitative estimate of drug-likeness (QED) is 0.899. The second-order valence-corrected chi connectivity index (χ2v) is 8.15. The lowest BCUT2D eigenvalue weighted by Crippen LogP contribution is -2.43. The van der Waals surface area contributed by atoms with Crippen LogP contribution in [0.5, 0.6) is 0 Å². The first kappa shape index (κ1) is 18.0. The molecule has 0 spiro atoms. The molecule has 3 heteroatoms. The first-order valence-electron chi connectivity index (χ1n) is 8.70. The van der Waals surface area contributed by atoms with Crippen LogP contribution in [0.2, 0.25) is 0 Å². The first-order valence-corrected chi connectivity index (χ1v) is 8.70. The van der Waals surface area contributed by atoms with E-state index in [1.807, 2.05) is 0 Å². The fourth-order valence-corrected chi connectivity index (χ4v) is 3.20. The summed E-state index contributed by atoms with van der Waals surface area (Å²) in [5, 5.41) is 3.08. The smallest absolute Gasteiger partial charge is 0.217 e. The fraction of sp³-hybridized carbons (Fsp3) is 0.650. The highest BCUT2D eigenvalue weighted by Crippen LogP contribution is 2.35. The number of carbonyl (C=O) groups is 1. The molecule has 0 bridgehead atoms. The molecule has 2 rings (SSSR count). The van der Waals surface area contributed by atoms with Gasteiger partial charge in [-0.25, -0.2) is 0 Å². The summed E-state index contributed by atoms with van der Waals surface area (Å²) in [6.07, 6.45) is 1.99. The van der Waals surface area contributed by atoms with E-state index in [1.54, 1.807) is 6.92 Å². The molecule has 1 amide bonds. The Kier molecular flexibility index (Phi) is 5.51. The maximum atomic E-state index is 11.4. The monoisotopic (exact) mass is 317 g/mol. The van der Waals surface area contributed by atoms with Crippen LogP contribution in [0, 0.1) is 5.92 Å². The highest BCUT2D eigenvalue weighted by molar-refractivity contribution is 5.73. The molecule has 0 aliphatic carbocycles. The highest BCUT2D eigenvalue weighted by atomic mass is 16.5. The molecule has 1 fully saturated rings. The second kappa shape index (κ2) is 7.04. The van der Waals surface area contributed by atoms with Gasteiger partial charge in [0, 0.05) is 13.0 Å². The molecule has 1 aromatic carbocycles. The van der Waals surface area contributed by atoms with Gasteiger partial charge in [0.15, 0.2) is 0 Å². The summed E-state index contributed by atoms with van der Waals surface area (Å²) >= 11 is 0. The maximum Gasteiger partial charge on any atom is 0.217 e. The van der Waals surface area contributed by atoms with E-state index in [9.17, 15) is 4.79 Å². The van der Waals surface area contributed by atoms with Gasteiger partial charge < -0.3 is 10.1 Å². The zero-order valence-electron chi connectivity index (χ0n) is 15.3. The van der Waals surface area contributed by atoms with Gasteiger partial charge in [0.2, 0.25) is 5.91 Å². The summed E-state index contributed by atoms with van der Waals surface area (Å²) in [6, 6.07) is 8.95. The molecule has 1 aliphatic rings. The van der Waals surface area contributed by atoms with Gasteiger partial charge in [-0.15, -0.1) is 0 Å². The van der Waals surface area contributed by atoms with Crippen LogP contribution in [-0.2, 0) is 14.9 Å². The fourth-order valence-electron chi connectivity index (χ4n) is 3.20. The molecule has 0 radical (unpaired) electrons. The zero-order chi connectivity index (χ0) is 17.2. The molecule has 1 heterocycles. The minimum atomic E-state index is 0.0428. The molecule has 0 unspecified atom stereocenters. The molecular weight excluding hydrogens is 286 g/mol. The van der Waals surface area contributed by atoms with Crippen molar-refractivity contribution in [1.29, 1.82) is 0 Å². The number of nitrogens with one attached hydrogen (secondary N) is 1. The Balaban J connectivity index is 2.17. The van der Waals surface area contributed by atoms with Gasteiger partial charge >= 0.3 is 0 Å². The number of benzene rings is 1. The van der Waals surface area contributed by atoms with Crippen LogP contribution in [-0.4, -0.2) is 18.1 Å². The molecule has 1 N–H and O–H groups in total. The van der Waals surface area contributed by atoms with Crippen LogP contribution in [0.4, 0.5) is 0 Å². The third-order valence-electron chi connectivity index (χ3n) is 4.65. The molecule has 128 valence electrons. The van der Waals surface area contributed by atoms with Crippen molar-refractivity contribution in [1.82, 2.24) is 5.32 Å². The van der Waals surface area contributed by atoms with Crippen molar-refractivity contribution in [3.05, 3.63) is 35.4 Å². The SMILES string of the molecule is CC(=O)N[C@H]1C[C@@H](C(C)C)O[C@@H](c2ccc(C(C)(C)C)cc2)C1. The molecule has 0 aromatic heterocycles. The number of hydrogen-bond donors (Lipinski definition) is 1. The van der Waals surface area contributed by atoms with Gasteiger partial charge in [-0.1, -0.05) is 58.9 Å². The van der Waals surface area contributed by atoms with Gasteiger partial charge in [-0.2, -0.15) is 0 Å². The van der Waals surface area contributed by atoms with Gasteiger partial charge in [-0.3, -0.25) is 4.79 Å². The van der Waals surface area contributed by atoms with Crippen LogP contribution in [0.3, 0.4) is 0 Å². The second-order valence-electron chi connectivity index (χ2n) is 8.15. The Hall–Kier alpha value is -1.35. The van der Waals surface area contributed by atoms with Crippen molar-refractivity contribution in [2.75, 3.05) is 0 Å². The van der Waals surface area contributed by atoms with Crippen molar-refractivity contribution in [2.24, 2.45) is 5.92 Å². The Morgan fingerprint density at radius 1 is 1.17 bits per heavy atom. The predicted molar refractivity (Wildman–Crippen MR) is 94.4 cm³/mol. The standard InChI is InChI=1S/C20H31NO2/c1-13(2)18-11-17(21-14(3)22)12-19(23-18)15-7-9-16(10-8-15)20(4,5)6/h7-10,13,17-19H,11-12H2,1-6H3,(H,21,22)/t17-,18-,19+/m0/s1. The summed E-state index contributed by atoms with van der Waals surface area (Å²) in [5.41, 5.74) is 2.69.